The zero-order valence-corrected chi connectivity index (χ0v) is 15.3. The minimum absolute atomic E-state index is 0.0988. The van der Waals surface area contributed by atoms with Gasteiger partial charge in [0.25, 0.3) is 0 Å². The molecule has 0 radical (unpaired) electrons. The highest BCUT2D eigenvalue weighted by Crippen LogP contribution is 2.32. The van der Waals surface area contributed by atoms with Crippen molar-refractivity contribution in [2.75, 3.05) is 11.4 Å². The van der Waals surface area contributed by atoms with Crippen LogP contribution in [0.1, 0.15) is 57.4 Å². The molecule has 6 heteroatoms. The van der Waals surface area contributed by atoms with Crippen molar-refractivity contribution in [2.45, 2.75) is 57.4 Å². The zero-order valence-electron chi connectivity index (χ0n) is 15.3. The molecular weight excluding hydrogens is 332 g/mol. The van der Waals surface area contributed by atoms with Crippen LogP contribution >= 0.6 is 0 Å². The van der Waals surface area contributed by atoms with Crippen molar-refractivity contribution < 1.29 is 19.5 Å². The third kappa shape index (κ3) is 3.45. The molecule has 1 saturated carbocycles. The van der Waals surface area contributed by atoms with Crippen LogP contribution in [0, 0.1) is 5.92 Å². The monoisotopic (exact) mass is 358 g/mol. The van der Waals surface area contributed by atoms with Crippen LogP contribution in [-0.2, 0) is 14.4 Å². The Balaban J connectivity index is 1.69. The number of nitrogens with zero attached hydrogens (tertiary/aromatic N) is 1. The van der Waals surface area contributed by atoms with Gasteiger partial charge in [0.05, 0.1) is 5.92 Å². The number of hydrogen-bond acceptors (Lipinski definition) is 3. The number of benzene rings is 1. The summed E-state index contributed by atoms with van der Waals surface area (Å²) in [6.45, 7) is 4.51. The Kier molecular flexibility index (Phi) is 5.03. The molecule has 0 unspecified atom stereocenters. The SMILES string of the molecule is CC(C)c1ccc(N2C[C@@H](C(=O)NC3(C(=O)O)CCCC3)CC2=O)cc1. The van der Waals surface area contributed by atoms with Crippen molar-refractivity contribution in [3.63, 3.8) is 0 Å². The summed E-state index contributed by atoms with van der Waals surface area (Å²) < 4.78 is 0. The lowest BCUT2D eigenvalue weighted by Crippen LogP contribution is -2.54. The molecule has 2 fully saturated rings. The molecule has 0 spiro atoms. The van der Waals surface area contributed by atoms with Crippen molar-refractivity contribution in [1.82, 2.24) is 5.32 Å². The number of rotatable bonds is 5. The fraction of sp³-hybridized carbons (Fsp3) is 0.550. The number of carboxylic acids is 1. The van der Waals surface area contributed by atoms with Gasteiger partial charge in [-0.05, 0) is 36.5 Å². The van der Waals surface area contributed by atoms with Crippen LogP contribution in [0.15, 0.2) is 24.3 Å². The molecule has 6 nitrogen and oxygen atoms in total. The molecule has 26 heavy (non-hydrogen) atoms. The van der Waals surface area contributed by atoms with E-state index in [1.807, 2.05) is 24.3 Å². The number of carboxylic acid groups (broad SMARTS) is 1. The first-order valence-electron chi connectivity index (χ1n) is 9.28. The molecular formula is C20H26N2O4. The van der Waals surface area contributed by atoms with E-state index in [-0.39, 0.29) is 18.2 Å². The van der Waals surface area contributed by atoms with E-state index in [1.54, 1.807) is 4.90 Å². The summed E-state index contributed by atoms with van der Waals surface area (Å²) in [6, 6.07) is 7.81. The fourth-order valence-corrected chi connectivity index (χ4v) is 3.88. The molecule has 140 valence electrons. The summed E-state index contributed by atoms with van der Waals surface area (Å²) in [5.74, 6) is -1.50. The van der Waals surface area contributed by atoms with Crippen LogP contribution in [0.3, 0.4) is 0 Å². The Labute approximate surface area is 153 Å². The summed E-state index contributed by atoms with van der Waals surface area (Å²) in [5.41, 5.74) is 0.815. The lowest BCUT2D eigenvalue weighted by Gasteiger charge is -2.27. The lowest BCUT2D eigenvalue weighted by molar-refractivity contribution is -0.148. The van der Waals surface area contributed by atoms with Gasteiger partial charge >= 0.3 is 5.97 Å². The van der Waals surface area contributed by atoms with E-state index in [1.165, 1.54) is 5.56 Å². The Morgan fingerprint density at radius 2 is 1.81 bits per heavy atom. The van der Waals surface area contributed by atoms with Gasteiger partial charge in [-0.2, -0.15) is 0 Å². The average Bonchev–Trinajstić information content (AvgIpc) is 3.22. The van der Waals surface area contributed by atoms with E-state index >= 15 is 0 Å². The zero-order chi connectivity index (χ0) is 18.9. The van der Waals surface area contributed by atoms with Crippen LogP contribution in [-0.4, -0.2) is 35.0 Å². The lowest BCUT2D eigenvalue weighted by atomic mass is 9.96. The first-order valence-corrected chi connectivity index (χ1v) is 9.28. The minimum Gasteiger partial charge on any atom is -0.480 e. The van der Waals surface area contributed by atoms with E-state index in [9.17, 15) is 19.5 Å². The van der Waals surface area contributed by atoms with Gasteiger partial charge in [-0.1, -0.05) is 38.8 Å². The van der Waals surface area contributed by atoms with Gasteiger partial charge in [0.2, 0.25) is 11.8 Å². The van der Waals surface area contributed by atoms with Crippen molar-refractivity contribution in [3.05, 3.63) is 29.8 Å². The van der Waals surface area contributed by atoms with Crippen LogP contribution in [0.25, 0.3) is 0 Å². The molecule has 0 aromatic heterocycles. The predicted octanol–water partition coefficient (Wildman–Crippen LogP) is 2.68. The number of hydrogen-bond donors (Lipinski definition) is 2. The number of nitrogens with one attached hydrogen (secondary N) is 1. The highest BCUT2D eigenvalue weighted by molar-refractivity contribution is 6.01. The standard InChI is InChI=1S/C20H26N2O4/c1-13(2)14-5-7-16(8-6-14)22-12-15(11-17(22)23)18(24)21-20(19(25)26)9-3-4-10-20/h5-8,13,15H,3-4,9-12H2,1-2H3,(H,21,24)(H,25,26)/t15-/m0/s1. The van der Waals surface area contributed by atoms with Gasteiger partial charge in [0, 0.05) is 18.7 Å². The Morgan fingerprint density at radius 3 is 2.35 bits per heavy atom. The molecule has 0 bridgehead atoms. The molecule has 1 aliphatic carbocycles. The largest absolute Gasteiger partial charge is 0.480 e. The van der Waals surface area contributed by atoms with Crippen molar-refractivity contribution >= 4 is 23.5 Å². The maximum absolute atomic E-state index is 12.6. The molecule has 1 atom stereocenters. The van der Waals surface area contributed by atoms with Gasteiger partial charge < -0.3 is 15.3 Å². The van der Waals surface area contributed by atoms with E-state index in [4.69, 9.17) is 0 Å². The Morgan fingerprint density at radius 1 is 1.19 bits per heavy atom. The van der Waals surface area contributed by atoms with Gasteiger partial charge in [0.1, 0.15) is 5.54 Å². The van der Waals surface area contributed by atoms with Crippen molar-refractivity contribution in [2.24, 2.45) is 5.92 Å². The van der Waals surface area contributed by atoms with Crippen molar-refractivity contribution in [1.29, 1.82) is 0 Å². The minimum atomic E-state index is -1.16. The number of aliphatic carboxylic acids is 1. The Bertz CT molecular complexity index is 705. The van der Waals surface area contributed by atoms with Gasteiger partial charge in [-0.25, -0.2) is 4.79 Å². The average molecular weight is 358 g/mol. The second kappa shape index (κ2) is 7.09. The van der Waals surface area contributed by atoms with Crippen LogP contribution in [0.4, 0.5) is 5.69 Å². The molecule has 1 aromatic rings. The topological polar surface area (TPSA) is 86.7 Å². The fourth-order valence-electron chi connectivity index (χ4n) is 3.88. The maximum atomic E-state index is 12.6. The number of carbonyl (C=O) groups is 3. The predicted molar refractivity (Wildman–Crippen MR) is 98.0 cm³/mol. The van der Waals surface area contributed by atoms with E-state index in [0.717, 1.165) is 18.5 Å². The molecule has 1 aliphatic heterocycles. The normalized spacial score (nSPS) is 22.0. The molecule has 3 rings (SSSR count). The first kappa shape index (κ1) is 18.4. The Hall–Kier alpha value is -2.37. The molecule has 1 heterocycles. The molecule has 2 aliphatic rings. The first-order chi connectivity index (χ1) is 12.3. The molecule has 2 N–H and O–H groups in total. The summed E-state index contributed by atoms with van der Waals surface area (Å²) >= 11 is 0. The van der Waals surface area contributed by atoms with Crippen LogP contribution in [0.2, 0.25) is 0 Å². The molecule has 1 saturated heterocycles. The smallest absolute Gasteiger partial charge is 0.329 e. The second-order valence-corrected chi connectivity index (χ2v) is 7.74. The van der Waals surface area contributed by atoms with E-state index in [0.29, 0.717) is 25.3 Å². The summed E-state index contributed by atoms with van der Waals surface area (Å²) in [6.07, 6.45) is 2.62. The highest BCUT2D eigenvalue weighted by Gasteiger charge is 2.45. The van der Waals surface area contributed by atoms with Gasteiger partial charge in [0.15, 0.2) is 0 Å². The third-order valence-corrected chi connectivity index (χ3v) is 5.60. The number of anilines is 1. The van der Waals surface area contributed by atoms with Crippen LogP contribution < -0.4 is 10.2 Å². The summed E-state index contributed by atoms with van der Waals surface area (Å²) in [7, 11) is 0. The van der Waals surface area contributed by atoms with Gasteiger partial charge in [-0.15, -0.1) is 0 Å². The quantitative estimate of drug-likeness (QED) is 0.847. The molecule has 2 amide bonds. The van der Waals surface area contributed by atoms with Gasteiger partial charge in [-0.3, -0.25) is 9.59 Å². The van der Waals surface area contributed by atoms with E-state index < -0.39 is 17.4 Å². The summed E-state index contributed by atoms with van der Waals surface area (Å²) in [5, 5.41) is 12.2. The third-order valence-electron chi connectivity index (χ3n) is 5.60. The van der Waals surface area contributed by atoms with Crippen molar-refractivity contribution in [3.8, 4) is 0 Å². The van der Waals surface area contributed by atoms with E-state index in [2.05, 4.69) is 19.2 Å². The maximum Gasteiger partial charge on any atom is 0.329 e. The summed E-state index contributed by atoms with van der Waals surface area (Å²) in [4.78, 5) is 38.3. The number of amides is 2. The highest BCUT2D eigenvalue weighted by atomic mass is 16.4. The molecule has 1 aromatic carbocycles. The number of carbonyl (C=O) groups excluding carboxylic acids is 2. The van der Waals surface area contributed by atoms with Crippen LogP contribution in [0.5, 0.6) is 0 Å². The second-order valence-electron chi connectivity index (χ2n) is 7.74.